The van der Waals surface area contributed by atoms with Crippen molar-refractivity contribution in [3.63, 3.8) is 0 Å². The van der Waals surface area contributed by atoms with Gasteiger partial charge in [0.25, 0.3) is 0 Å². The smallest absolute Gasteiger partial charge is 0.306 e. The maximum Gasteiger partial charge on any atom is 0.306 e. The fourth-order valence-corrected chi connectivity index (χ4v) is 3.99. The minimum absolute atomic E-state index is 0.0632. The molecule has 1 aliphatic carbocycles. The van der Waals surface area contributed by atoms with E-state index in [1.54, 1.807) is 23.3 Å². The van der Waals surface area contributed by atoms with E-state index < -0.39 is 5.97 Å². The van der Waals surface area contributed by atoms with Crippen LogP contribution in [0.4, 0.5) is 0 Å². The highest BCUT2D eigenvalue weighted by atomic mass is 79.9. The van der Waals surface area contributed by atoms with Gasteiger partial charge in [-0.15, -0.1) is 11.3 Å². The van der Waals surface area contributed by atoms with E-state index in [0.717, 1.165) is 9.35 Å². The quantitative estimate of drug-likeness (QED) is 0.912. The Morgan fingerprint density at radius 3 is 2.68 bits per heavy atom. The second-order valence-electron chi connectivity index (χ2n) is 4.97. The van der Waals surface area contributed by atoms with Gasteiger partial charge in [-0.25, -0.2) is 0 Å². The van der Waals surface area contributed by atoms with E-state index in [1.165, 1.54) is 0 Å². The molecular formula is C13H16BrNO3S. The summed E-state index contributed by atoms with van der Waals surface area (Å²) in [6.45, 7) is 0.587. The fraction of sp³-hybridized carbons (Fsp3) is 0.538. The zero-order valence-electron chi connectivity index (χ0n) is 10.6. The summed E-state index contributed by atoms with van der Waals surface area (Å²) >= 11 is 5.00. The minimum atomic E-state index is -0.778. The molecule has 19 heavy (non-hydrogen) atoms. The maximum absolute atomic E-state index is 12.3. The molecule has 0 saturated heterocycles. The Labute approximate surface area is 124 Å². The van der Waals surface area contributed by atoms with Crippen LogP contribution < -0.4 is 0 Å². The van der Waals surface area contributed by atoms with Crippen LogP contribution in [-0.4, -0.2) is 28.9 Å². The first-order chi connectivity index (χ1) is 8.97. The topological polar surface area (TPSA) is 57.6 Å². The molecule has 1 aliphatic rings. The number of hydrogen-bond acceptors (Lipinski definition) is 3. The van der Waals surface area contributed by atoms with Gasteiger partial charge in [0.15, 0.2) is 0 Å². The zero-order chi connectivity index (χ0) is 14.0. The normalized spacial score (nSPS) is 22.4. The molecule has 2 unspecified atom stereocenters. The van der Waals surface area contributed by atoms with Gasteiger partial charge in [-0.2, -0.15) is 0 Å². The zero-order valence-corrected chi connectivity index (χ0v) is 13.0. The van der Waals surface area contributed by atoms with Crippen LogP contribution in [0.25, 0.3) is 0 Å². The van der Waals surface area contributed by atoms with Gasteiger partial charge in [0.05, 0.1) is 12.5 Å². The molecule has 2 rings (SSSR count). The predicted molar refractivity (Wildman–Crippen MR) is 77.0 cm³/mol. The number of amides is 1. The maximum atomic E-state index is 12.3. The lowest BCUT2D eigenvalue weighted by Crippen LogP contribution is -2.31. The summed E-state index contributed by atoms with van der Waals surface area (Å²) < 4.78 is 1.03. The van der Waals surface area contributed by atoms with Gasteiger partial charge in [-0.1, -0.05) is 0 Å². The van der Waals surface area contributed by atoms with Crippen molar-refractivity contribution in [3.8, 4) is 0 Å². The van der Waals surface area contributed by atoms with Crippen LogP contribution in [0.5, 0.6) is 0 Å². The van der Waals surface area contributed by atoms with Crippen molar-refractivity contribution in [3.05, 3.63) is 20.8 Å². The Hall–Kier alpha value is -0.880. The molecule has 1 heterocycles. The molecule has 1 aromatic heterocycles. The third-order valence-electron chi connectivity index (χ3n) is 3.52. The van der Waals surface area contributed by atoms with E-state index in [1.807, 2.05) is 11.4 Å². The number of hydrogen-bond donors (Lipinski definition) is 1. The molecule has 1 saturated carbocycles. The number of carbonyl (C=O) groups is 2. The van der Waals surface area contributed by atoms with E-state index in [4.69, 9.17) is 5.11 Å². The van der Waals surface area contributed by atoms with Crippen LogP contribution >= 0.6 is 27.3 Å². The van der Waals surface area contributed by atoms with Crippen LogP contribution in [0.3, 0.4) is 0 Å². The van der Waals surface area contributed by atoms with Gasteiger partial charge in [-0.05, 0) is 41.3 Å². The SMILES string of the molecule is CN(Cc1cc(Br)cs1)C(=O)C1CCC(C(=O)O)C1. The number of carboxylic acids is 1. The summed E-state index contributed by atoms with van der Waals surface area (Å²) in [6.07, 6.45) is 1.78. The Kier molecular flexibility index (Phi) is 4.62. The van der Waals surface area contributed by atoms with Crippen LogP contribution in [0.1, 0.15) is 24.1 Å². The second kappa shape index (κ2) is 6.05. The van der Waals surface area contributed by atoms with Gasteiger partial charge in [0.2, 0.25) is 5.91 Å². The molecule has 0 bridgehead atoms. The summed E-state index contributed by atoms with van der Waals surface area (Å²) in [5, 5.41) is 11.0. The predicted octanol–water partition coefficient (Wildman–Crippen LogP) is 2.97. The Morgan fingerprint density at radius 2 is 2.16 bits per heavy atom. The van der Waals surface area contributed by atoms with Crippen molar-refractivity contribution in [2.75, 3.05) is 7.05 Å². The number of aliphatic carboxylic acids is 1. The van der Waals surface area contributed by atoms with Gasteiger partial charge in [-0.3, -0.25) is 9.59 Å². The van der Waals surface area contributed by atoms with Crippen molar-refractivity contribution in [2.45, 2.75) is 25.8 Å². The molecule has 4 nitrogen and oxygen atoms in total. The van der Waals surface area contributed by atoms with Crippen molar-refractivity contribution < 1.29 is 14.7 Å². The molecular weight excluding hydrogens is 330 g/mol. The molecule has 1 fully saturated rings. The number of nitrogens with zero attached hydrogens (tertiary/aromatic N) is 1. The lowest BCUT2D eigenvalue weighted by molar-refractivity contribution is -0.141. The largest absolute Gasteiger partial charge is 0.481 e. The van der Waals surface area contributed by atoms with Gasteiger partial charge in [0, 0.05) is 27.7 Å². The van der Waals surface area contributed by atoms with Crippen molar-refractivity contribution in [1.29, 1.82) is 0 Å². The van der Waals surface area contributed by atoms with E-state index >= 15 is 0 Å². The van der Waals surface area contributed by atoms with E-state index in [-0.39, 0.29) is 17.7 Å². The summed E-state index contributed by atoms with van der Waals surface area (Å²) in [6, 6.07) is 2.00. The average Bonchev–Trinajstić information content (AvgIpc) is 2.97. The molecule has 1 aromatic rings. The first-order valence-corrected chi connectivity index (χ1v) is 7.85. The lowest BCUT2D eigenvalue weighted by Gasteiger charge is -2.20. The van der Waals surface area contributed by atoms with Gasteiger partial charge in [0.1, 0.15) is 0 Å². The third kappa shape index (κ3) is 3.57. The highest BCUT2D eigenvalue weighted by Crippen LogP contribution is 2.32. The Morgan fingerprint density at radius 1 is 1.47 bits per heavy atom. The van der Waals surface area contributed by atoms with Crippen LogP contribution in [0.2, 0.25) is 0 Å². The lowest BCUT2D eigenvalue weighted by atomic mass is 10.0. The first-order valence-electron chi connectivity index (χ1n) is 6.18. The minimum Gasteiger partial charge on any atom is -0.481 e. The number of carboxylic acid groups (broad SMARTS) is 1. The first kappa shape index (κ1) is 14.5. The number of halogens is 1. The molecule has 1 amide bonds. The summed E-state index contributed by atoms with van der Waals surface area (Å²) in [4.78, 5) is 26.0. The molecule has 0 aliphatic heterocycles. The number of rotatable bonds is 4. The molecule has 1 N–H and O–H groups in total. The Bertz CT molecular complexity index is 488. The van der Waals surface area contributed by atoms with Crippen LogP contribution in [0, 0.1) is 11.8 Å². The van der Waals surface area contributed by atoms with Gasteiger partial charge >= 0.3 is 5.97 Å². The van der Waals surface area contributed by atoms with Crippen molar-refractivity contribution in [2.24, 2.45) is 11.8 Å². The summed E-state index contributed by atoms with van der Waals surface area (Å²) in [5.41, 5.74) is 0. The molecule has 0 spiro atoms. The molecule has 0 radical (unpaired) electrons. The van der Waals surface area contributed by atoms with E-state index in [0.29, 0.717) is 25.8 Å². The highest BCUT2D eigenvalue weighted by Gasteiger charge is 2.35. The second-order valence-corrected chi connectivity index (χ2v) is 6.88. The third-order valence-corrected chi connectivity index (χ3v) is 5.20. The number of carbonyl (C=O) groups excluding carboxylic acids is 1. The molecule has 6 heteroatoms. The fourth-order valence-electron chi connectivity index (χ4n) is 2.49. The standard InChI is InChI=1S/C13H16BrNO3S/c1-15(6-11-5-10(14)7-19-11)12(16)8-2-3-9(4-8)13(17)18/h5,7-9H,2-4,6H2,1H3,(H,17,18). The summed E-state index contributed by atoms with van der Waals surface area (Å²) in [7, 11) is 1.78. The molecule has 2 atom stereocenters. The highest BCUT2D eigenvalue weighted by molar-refractivity contribution is 9.10. The van der Waals surface area contributed by atoms with Crippen molar-refractivity contribution >= 4 is 39.1 Å². The van der Waals surface area contributed by atoms with Crippen LogP contribution in [-0.2, 0) is 16.1 Å². The van der Waals surface area contributed by atoms with E-state index in [9.17, 15) is 9.59 Å². The van der Waals surface area contributed by atoms with E-state index in [2.05, 4.69) is 15.9 Å². The van der Waals surface area contributed by atoms with Crippen molar-refractivity contribution in [1.82, 2.24) is 4.90 Å². The summed E-state index contributed by atoms with van der Waals surface area (Å²) in [5.74, 6) is -1.19. The van der Waals surface area contributed by atoms with Gasteiger partial charge < -0.3 is 10.0 Å². The van der Waals surface area contributed by atoms with Crippen LogP contribution in [0.15, 0.2) is 15.9 Å². The Balaban J connectivity index is 1.91. The monoisotopic (exact) mass is 345 g/mol. The molecule has 104 valence electrons. The average molecular weight is 346 g/mol. The molecule has 0 aromatic carbocycles. The number of thiophene rings is 1.